The van der Waals surface area contributed by atoms with E-state index in [0.29, 0.717) is 0 Å². The minimum atomic E-state index is -0.0000463. The Kier molecular flexibility index (Phi) is 1.70. The molecule has 1 heterocycles. The lowest BCUT2D eigenvalue weighted by Crippen LogP contribution is -2.41. The SMILES string of the molecule is CC(=O)N1c2ccccc2NN1C. The molecule has 1 aliphatic rings. The molecule has 1 aromatic carbocycles. The number of carbonyl (C=O) groups excluding carboxylic acids is 1. The van der Waals surface area contributed by atoms with E-state index in [2.05, 4.69) is 5.43 Å². The Morgan fingerprint density at radius 3 is 2.77 bits per heavy atom. The molecule has 68 valence electrons. The summed E-state index contributed by atoms with van der Waals surface area (Å²) < 4.78 is 0. The van der Waals surface area contributed by atoms with Crippen molar-refractivity contribution in [2.75, 3.05) is 17.5 Å². The summed E-state index contributed by atoms with van der Waals surface area (Å²) >= 11 is 0. The van der Waals surface area contributed by atoms with Crippen molar-refractivity contribution in [2.45, 2.75) is 6.92 Å². The van der Waals surface area contributed by atoms with Crippen molar-refractivity contribution in [1.29, 1.82) is 0 Å². The number of hydrogen-bond donors (Lipinski definition) is 1. The summed E-state index contributed by atoms with van der Waals surface area (Å²) in [7, 11) is 1.81. The van der Waals surface area contributed by atoms with Gasteiger partial charge in [-0.2, -0.15) is 0 Å². The van der Waals surface area contributed by atoms with Crippen molar-refractivity contribution in [1.82, 2.24) is 5.12 Å². The van der Waals surface area contributed by atoms with Crippen LogP contribution in [0, 0.1) is 0 Å². The molecule has 0 spiro atoms. The molecule has 1 amide bonds. The number of hydrazine groups is 2. The van der Waals surface area contributed by atoms with Crippen LogP contribution in [0.3, 0.4) is 0 Å². The van der Waals surface area contributed by atoms with Gasteiger partial charge in [-0.3, -0.25) is 10.2 Å². The van der Waals surface area contributed by atoms with Gasteiger partial charge in [0.1, 0.15) is 0 Å². The highest BCUT2D eigenvalue weighted by atomic mass is 16.2. The number of amides is 1. The van der Waals surface area contributed by atoms with E-state index in [4.69, 9.17) is 0 Å². The molecule has 1 aromatic rings. The van der Waals surface area contributed by atoms with Gasteiger partial charge in [0.05, 0.1) is 11.4 Å². The normalized spacial score (nSPS) is 15.4. The van der Waals surface area contributed by atoms with Crippen LogP contribution in [0.15, 0.2) is 24.3 Å². The van der Waals surface area contributed by atoms with Crippen molar-refractivity contribution >= 4 is 17.3 Å². The van der Waals surface area contributed by atoms with Gasteiger partial charge in [-0.1, -0.05) is 12.1 Å². The third kappa shape index (κ3) is 1.15. The van der Waals surface area contributed by atoms with Crippen LogP contribution >= 0.6 is 0 Å². The molecular formula is C9H11N3O. The van der Waals surface area contributed by atoms with Gasteiger partial charge < -0.3 is 0 Å². The van der Waals surface area contributed by atoms with E-state index < -0.39 is 0 Å². The van der Waals surface area contributed by atoms with E-state index in [-0.39, 0.29) is 5.91 Å². The number of benzene rings is 1. The minimum Gasteiger partial charge on any atom is -0.299 e. The maximum absolute atomic E-state index is 11.3. The molecule has 0 radical (unpaired) electrons. The van der Waals surface area contributed by atoms with Gasteiger partial charge in [0.2, 0.25) is 5.91 Å². The van der Waals surface area contributed by atoms with E-state index in [1.54, 1.807) is 24.1 Å². The molecule has 13 heavy (non-hydrogen) atoms. The van der Waals surface area contributed by atoms with E-state index in [9.17, 15) is 4.79 Å². The Hall–Kier alpha value is -1.55. The number of nitrogens with zero attached hydrogens (tertiary/aromatic N) is 2. The summed E-state index contributed by atoms with van der Waals surface area (Å²) in [5, 5.41) is 3.27. The van der Waals surface area contributed by atoms with Crippen molar-refractivity contribution in [3.63, 3.8) is 0 Å². The van der Waals surface area contributed by atoms with E-state index >= 15 is 0 Å². The number of rotatable bonds is 0. The first-order valence-electron chi connectivity index (χ1n) is 4.10. The lowest BCUT2D eigenvalue weighted by molar-refractivity contribution is -0.118. The Balaban J connectivity index is 2.46. The predicted molar refractivity (Wildman–Crippen MR) is 51.0 cm³/mol. The molecule has 0 saturated carbocycles. The third-order valence-corrected chi connectivity index (χ3v) is 2.01. The summed E-state index contributed by atoms with van der Waals surface area (Å²) in [6, 6.07) is 7.70. The molecule has 0 aromatic heterocycles. The second kappa shape index (κ2) is 2.74. The highest BCUT2D eigenvalue weighted by Crippen LogP contribution is 2.32. The molecule has 1 aliphatic heterocycles. The Labute approximate surface area is 76.7 Å². The smallest absolute Gasteiger partial charge is 0.239 e. The number of nitrogens with one attached hydrogen (secondary N) is 1. The number of para-hydroxylation sites is 2. The van der Waals surface area contributed by atoms with Crippen molar-refractivity contribution in [2.24, 2.45) is 0 Å². The molecule has 4 heteroatoms. The highest BCUT2D eigenvalue weighted by Gasteiger charge is 2.26. The van der Waals surface area contributed by atoms with Crippen LogP contribution in [-0.2, 0) is 4.79 Å². The number of fused-ring (bicyclic) bond motifs is 1. The molecule has 0 aliphatic carbocycles. The van der Waals surface area contributed by atoms with Crippen LogP contribution in [-0.4, -0.2) is 18.1 Å². The summed E-state index contributed by atoms with van der Waals surface area (Å²) in [6.45, 7) is 1.54. The molecule has 4 nitrogen and oxygen atoms in total. The summed E-state index contributed by atoms with van der Waals surface area (Å²) in [5.41, 5.74) is 4.93. The molecule has 1 N–H and O–H groups in total. The Bertz CT molecular complexity index is 350. The van der Waals surface area contributed by atoms with Crippen LogP contribution in [0.5, 0.6) is 0 Å². The Morgan fingerprint density at radius 2 is 2.08 bits per heavy atom. The molecule has 0 bridgehead atoms. The first kappa shape index (κ1) is 8.07. The van der Waals surface area contributed by atoms with Crippen molar-refractivity contribution in [3.8, 4) is 0 Å². The van der Waals surface area contributed by atoms with Gasteiger partial charge in [0, 0.05) is 14.0 Å². The molecule has 0 saturated heterocycles. The van der Waals surface area contributed by atoms with Gasteiger partial charge in [-0.15, -0.1) is 5.12 Å². The molecule has 2 rings (SSSR count). The lowest BCUT2D eigenvalue weighted by atomic mass is 10.3. The van der Waals surface area contributed by atoms with Gasteiger partial charge in [0.15, 0.2) is 0 Å². The average molecular weight is 177 g/mol. The second-order valence-electron chi connectivity index (χ2n) is 2.98. The van der Waals surface area contributed by atoms with Crippen LogP contribution in [0.25, 0.3) is 0 Å². The van der Waals surface area contributed by atoms with Crippen LogP contribution in [0.1, 0.15) is 6.92 Å². The maximum Gasteiger partial charge on any atom is 0.239 e. The average Bonchev–Trinajstić information content (AvgIpc) is 2.39. The van der Waals surface area contributed by atoms with Gasteiger partial charge >= 0.3 is 0 Å². The fourth-order valence-corrected chi connectivity index (χ4v) is 1.52. The zero-order chi connectivity index (χ0) is 9.42. The van der Waals surface area contributed by atoms with Gasteiger partial charge in [-0.05, 0) is 12.1 Å². The van der Waals surface area contributed by atoms with E-state index in [1.165, 1.54) is 0 Å². The first-order valence-corrected chi connectivity index (χ1v) is 4.10. The quantitative estimate of drug-likeness (QED) is 0.647. The number of anilines is 2. The van der Waals surface area contributed by atoms with Gasteiger partial charge in [0.25, 0.3) is 0 Å². The van der Waals surface area contributed by atoms with Gasteiger partial charge in [-0.25, -0.2) is 5.01 Å². The zero-order valence-corrected chi connectivity index (χ0v) is 7.61. The molecule has 0 unspecified atom stereocenters. The second-order valence-corrected chi connectivity index (χ2v) is 2.98. The van der Waals surface area contributed by atoms with E-state index in [1.807, 2.05) is 24.3 Å². The lowest BCUT2D eigenvalue weighted by Gasteiger charge is -2.21. The summed E-state index contributed by atoms with van der Waals surface area (Å²) in [5.74, 6) is -0.0000463. The number of carbonyl (C=O) groups is 1. The first-order chi connectivity index (χ1) is 6.20. The third-order valence-electron chi connectivity index (χ3n) is 2.01. The summed E-state index contributed by atoms with van der Waals surface area (Å²) in [6.07, 6.45) is 0. The Morgan fingerprint density at radius 1 is 1.38 bits per heavy atom. The molecule has 0 atom stereocenters. The number of hydrogen-bond acceptors (Lipinski definition) is 3. The maximum atomic E-state index is 11.3. The zero-order valence-electron chi connectivity index (χ0n) is 7.61. The van der Waals surface area contributed by atoms with Crippen LogP contribution < -0.4 is 10.4 Å². The topological polar surface area (TPSA) is 35.6 Å². The molecule has 0 fully saturated rings. The van der Waals surface area contributed by atoms with Crippen LogP contribution in [0.4, 0.5) is 11.4 Å². The minimum absolute atomic E-state index is 0.0000463. The summed E-state index contributed by atoms with van der Waals surface area (Å²) in [4.78, 5) is 11.3. The van der Waals surface area contributed by atoms with Crippen LogP contribution in [0.2, 0.25) is 0 Å². The largest absolute Gasteiger partial charge is 0.299 e. The highest BCUT2D eigenvalue weighted by molar-refractivity contribution is 5.96. The fourth-order valence-electron chi connectivity index (χ4n) is 1.52. The monoisotopic (exact) mass is 177 g/mol. The molecular weight excluding hydrogens is 166 g/mol. The van der Waals surface area contributed by atoms with Crippen molar-refractivity contribution < 1.29 is 4.79 Å². The van der Waals surface area contributed by atoms with E-state index in [0.717, 1.165) is 11.4 Å². The predicted octanol–water partition coefficient (Wildman–Crippen LogP) is 1.23. The standard InChI is InChI=1S/C9H11N3O/c1-7(13)12-9-6-4-3-5-8(9)10-11(12)2/h3-6,10H,1-2H3. The van der Waals surface area contributed by atoms with Crippen molar-refractivity contribution in [3.05, 3.63) is 24.3 Å². The fraction of sp³-hybridized carbons (Fsp3) is 0.222.